The number of carbonyl (C=O) groups excluding carboxylic acids is 1. The van der Waals surface area contributed by atoms with Crippen molar-refractivity contribution in [2.24, 2.45) is 0 Å². The number of halogens is 2. The predicted molar refractivity (Wildman–Crippen MR) is 110 cm³/mol. The predicted octanol–water partition coefficient (Wildman–Crippen LogP) is 3.45. The van der Waals surface area contributed by atoms with Gasteiger partial charge in [-0.05, 0) is 47.2 Å². The van der Waals surface area contributed by atoms with Crippen molar-refractivity contribution in [3.8, 4) is 17.0 Å². The third-order valence-corrected chi connectivity index (χ3v) is 5.91. The Bertz CT molecular complexity index is 1210. The third kappa shape index (κ3) is 3.62. The summed E-state index contributed by atoms with van der Waals surface area (Å²) in [6.07, 6.45) is 0.612. The number of amides is 1. The minimum atomic E-state index is -2.72. The number of aromatic hydroxyl groups is 1. The number of aromatic nitrogens is 2. The molecule has 3 aromatic rings. The molecule has 2 aliphatic rings. The minimum Gasteiger partial charge on any atom is -0.493 e. The Kier molecular flexibility index (Phi) is 4.64. The van der Waals surface area contributed by atoms with E-state index in [0.29, 0.717) is 17.2 Å². The molecule has 1 N–H and O–H groups in total. The van der Waals surface area contributed by atoms with Gasteiger partial charge in [-0.3, -0.25) is 13.9 Å². The van der Waals surface area contributed by atoms with Gasteiger partial charge < -0.3 is 10.0 Å². The fourth-order valence-electron chi connectivity index (χ4n) is 4.14. The van der Waals surface area contributed by atoms with E-state index >= 15 is 0 Å². The van der Waals surface area contributed by atoms with Gasteiger partial charge in [-0.25, -0.2) is 13.6 Å². The minimum absolute atomic E-state index is 0.117. The fourth-order valence-corrected chi connectivity index (χ4v) is 4.14. The van der Waals surface area contributed by atoms with Gasteiger partial charge in [-0.15, -0.1) is 0 Å². The van der Waals surface area contributed by atoms with Gasteiger partial charge in [0.1, 0.15) is 0 Å². The normalized spacial score (nSPS) is 15.7. The molecule has 1 amide bonds. The number of hydrogen-bond acceptors (Lipinski definition) is 3. The van der Waals surface area contributed by atoms with E-state index in [1.807, 2.05) is 41.3 Å². The number of fused-ring (bicyclic) bond motifs is 1. The number of alkyl halides is 2. The summed E-state index contributed by atoms with van der Waals surface area (Å²) in [6, 6.07) is 13.8. The molecule has 160 valence electrons. The molecule has 0 bridgehead atoms. The van der Waals surface area contributed by atoms with E-state index in [0.717, 1.165) is 40.7 Å². The highest BCUT2D eigenvalue weighted by molar-refractivity contribution is 5.99. The number of benzene rings is 2. The van der Waals surface area contributed by atoms with Crippen LogP contribution < -0.4 is 5.69 Å². The van der Waals surface area contributed by atoms with Gasteiger partial charge in [0.2, 0.25) is 5.88 Å². The maximum absolute atomic E-state index is 12.6. The monoisotopic (exact) mass is 425 g/mol. The van der Waals surface area contributed by atoms with E-state index in [2.05, 4.69) is 6.07 Å². The first-order valence-electron chi connectivity index (χ1n) is 10.2. The van der Waals surface area contributed by atoms with E-state index < -0.39 is 24.5 Å². The van der Waals surface area contributed by atoms with Crippen LogP contribution in [0.15, 0.2) is 53.5 Å². The number of carbonyl (C=O) groups is 1. The molecule has 0 atom stereocenters. The summed E-state index contributed by atoms with van der Waals surface area (Å²) in [4.78, 5) is 26.7. The zero-order valence-corrected chi connectivity index (χ0v) is 16.7. The summed E-state index contributed by atoms with van der Waals surface area (Å²) in [6.45, 7) is -0.0136. The molecule has 1 aliphatic carbocycles. The molecule has 1 aromatic heterocycles. The van der Waals surface area contributed by atoms with Crippen LogP contribution in [0.5, 0.6) is 5.88 Å². The van der Waals surface area contributed by atoms with Crippen molar-refractivity contribution < 1.29 is 18.7 Å². The van der Waals surface area contributed by atoms with Gasteiger partial charge in [-0.1, -0.05) is 30.3 Å². The van der Waals surface area contributed by atoms with E-state index in [1.54, 1.807) is 0 Å². The number of imidazole rings is 1. The van der Waals surface area contributed by atoms with Crippen molar-refractivity contribution in [3.05, 3.63) is 75.8 Å². The molecule has 31 heavy (non-hydrogen) atoms. The van der Waals surface area contributed by atoms with Gasteiger partial charge >= 0.3 is 5.69 Å². The van der Waals surface area contributed by atoms with E-state index in [9.17, 15) is 23.5 Å². The van der Waals surface area contributed by atoms with Crippen LogP contribution in [0.2, 0.25) is 0 Å². The van der Waals surface area contributed by atoms with Crippen LogP contribution in [0.25, 0.3) is 11.1 Å². The van der Waals surface area contributed by atoms with Crippen LogP contribution in [-0.2, 0) is 19.6 Å². The van der Waals surface area contributed by atoms with Crippen LogP contribution >= 0.6 is 0 Å². The average Bonchev–Trinajstić information content (AvgIpc) is 3.50. The topological polar surface area (TPSA) is 67.5 Å². The number of nitrogens with zero attached hydrogens (tertiary/aromatic N) is 3. The zero-order chi connectivity index (χ0) is 21.7. The first-order chi connectivity index (χ1) is 14.9. The van der Waals surface area contributed by atoms with Gasteiger partial charge in [0.25, 0.3) is 12.3 Å². The van der Waals surface area contributed by atoms with Crippen molar-refractivity contribution in [3.63, 3.8) is 0 Å². The molecule has 2 aromatic carbocycles. The van der Waals surface area contributed by atoms with Crippen LogP contribution in [0, 0.1) is 0 Å². The Morgan fingerprint density at radius 3 is 2.42 bits per heavy atom. The lowest BCUT2D eigenvalue weighted by atomic mass is 9.99. The van der Waals surface area contributed by atoms with Gasteiger partial charge in [0, 0.05) is 18.2 Å². The maximum Gasteiger partial charge on any atom is 0.331 e. The molecule has 5 rings (SSSR count). The van der Waals surface area contributed by atoms with Crippen LogP contribution in [0.4, 0.5) is 8.78 Å². The summed E-state index contributed by atoms with van der Waals surface area (Å²) in [5.74, 6) is -0.360. The van der Waals surface area contributed by atoms with Crippen molar-refractivity contribution in [1.82, 2.24) is 14.0 Å². The summed E-state index contributed by atoms with van der Waals surface area (Å²) in [5.41, 5.74) is 3.94. The number of hydrogen-bond donors (Lipinski definition) is 1. The lowest BCUT2D eigenvalue weighted by Crippen LogP contribution is -2.26. The summed E-state index contributed by atoms with van der Waals surface area (Å²) >= 11 is 0. The largest absolute Gasteiger partial charge is 0.493 e. The van der Waals surface area contributed by atoms with E-state index in [-0.39, 0.29) is 12.5 Å². The lowest BCUT2D eigenvalue weighted by Gasteiger charge is -2.13. The standard InChI is InChI=1S/C23H21F2N3O3/c24-20(25)12-28-21(29)13-26(23(28)31)10-14-1-3-15(4-2-14)16-5-8-19-17(9-16)11-27(22(19)30)18-6-7-18/h1-5,8-9,13,18,20,29H,6-7,10-12H2. The molecule has 1 saturated carbocycles. The molecule has 0 radical (unpaired) electrons. The van der Waals surface area contributed by atoms with Crippen molar-refractivity contribution in [2.45, 2.75) is 44.9 Å². The Morgan fingerprint density at radius 2 is 1.74 bits per heavy atom. The average molecular weight is 425 g/mol. The van der Waals surface area contributed by atoms with E-state index in [4.69, 9.17) is 0 Å². The highest BCUT2D eigenvalue weighted by atomic mass is 19.3. The maximum atomic E-state index is 12.6. The first kappa shape index (κ1) is 19.5. The molecule has 8 heteroatoms. The SMILES string of the molecule is O=C1c2ccc(-c3ccc(Cn4cc(O)n(CC(F)F)c4=O)cc3)cc2CN1C1CC1. The summed E-state index contributed by atoms with van der Waals surface area (Å²) in [5, 5.41) is 9.77. The highest BCUT2D eigenvalue weighted by Gasteiger charge is 2.38. The highest BCUT2D eigenvalue weighted by Crippen LogP contribution is 2.36. The Morgan fingerprint density at radius 1 is 1.03 bits per heavy atom. The van der Waals surface area contributed by atoms with Gasteiger partial charge in [0.05, 0.1) is 19.3 Å². The first-order valence-corrected chi connectivity index (χ1v) is 10.2. The lowest BCUT2D eigenvalue weighted by molar-refractivity contribution is 0.0766. The molecule has 0 unspecified atom stereocenters. The van der Waals surface area contributed by atoms with E-state index in [1.165, 1.54) is 10.8 Å². The molecule has 2 heterocycles. The molecule has 1 fully saturated rings. The zero-order valence-electron chi connectivity index (χ0n) is 16.7. The van der Waals surface area contributed by atoms with Crippen LogP contribution in [0.1, 0.15) is 34.3 Å². The quantitative estimate of drug-likeness (QED) is 0.658. The Labute approximate surface area is 177 Å². The summed E-state index contributed by atoms with van der Waals surface area (Å²) < 4.78 is 27.0. The molecule has 0 spiro atoms. The molecule has 0 saturated heterocycles. The second-order valence-corrected chi connectivity index (χ2v) is 8.13. The van der Waals surface area contributed by atoms with Crippen LogP contribution in [0.3, 0.4) is 0 Å². The smallest absolute Gasteiger partial charge is 0.331 e. The Hall–Kier alpha value is -3.42. The molecular formula is C23H21F2N3O3. The van der Waals surface area contributed by atoms with Gasteiger partial charge in [-0.2, -0.15) is 0 Å². The van der Waals surface area contributed by atoms with Gasteiger partial charge in [0.15, 0.2) is 0 Å². The molecule has 6 nitrogen and oxygen atoms in total. The van der Waals surface area contributed by atoms with Crippen LogP contribution in [-0.4, -0.2) is 37.5 Å². The molecular weight excluding hydrogens is 404 g/mol. The van der Waals surface area contributed by atoms with Crippen molar-refractivity contribution >= 4 is 5.91 Å². The fraction of sp³-hybridized carbons (Fsp3) is 0.304. The second-order valence-electron chi connectivity index (χ2n) is 8.13. The Balaban J connectivity index is 1.34. The number of rotatable bonds is 6. The summed E-state index contributed by atoms with van der Waals surface area (Å²) in [7, 11) is 0. The third-order valence-electron chi connectivity index (χ3n) is 5.91. The van der Waals surface area contributed by atoms with Crippen molar-refractivity contribution in [2.75, 3.05) is 0 Å². The molecule has 1 aliphatic heterocycles. The second kappa shape index (κ2) is 7.37. The van der Waals surface area contributed by atoms with Crippen molar-refractivity contribution in [1.29, 1.82) is 0 Å².